The van der Waals surface area contributed by atoms with Crippen molar-refractivity contribution in [1.29, 1.82) is 0 Å². The summed E-state index contributed by atoms with van der Waals surface area (Å²) in [6.45, 7) is 2.81. The van der Waals surface area contributed by atoms with Gasteiger partial charge in [-0.3, -0.25) is 9.89 Å². The van der Waals surface area contributed by atoms with Crippen molar-refractivity contribution < 1.29 is 14.6 Å². The Hall–Kier alpha value is -3.28. The van der Waals surface area contributed by atoms with E-state index in [-0.39, 0.29) is 17.7 Å². The number of phenolic OH excluding ortho intramolecular Hbond substituents is 1. The molecule has 1 aromatic heterocycles. The number of unbranched alkanes of at least 4 members (excludes halogenated alkanes) is 2. The van der Waals surface area contributed by atoms with Crippen LogP contribution in [0.2, 0.25) is 0 Å². The first kappa shape index (κ1) is 19.1. The molecule has 6 nitrogen and oxygen atoms in total. The molecule has 0 bridgehead atoms. The van der Waals surface area contributed by atoms with Gasteiger partial charge in [0.2, 0.25) is 0 Å². The minimum atomic E-state index is -0.280. The number of aromatic nitrogens is 2. The van der Waals surface area contributed by atoms with E-state index in [0.717, 1.165) is 36.1 Å². The summed E-state index contributed by atoms with van der Waals surface area (Å²) in [4.78, 5) is 15.1. The van der Waals surface area contributed by atoms with Crippen molar-refractivity contribution >= 4 is 5.91 Å². The van der Waals surface area contributed by atoms with Crippen LogP contribution in [0.3, 0.4) is 0 Å². The molecule has 0 aliphatic carbocycles. The number of aromatic amines is 1. The number of fused-ring (bicyclic) bond motifs is 1. The summed E-state index contributed by atoms with van der Waals surface area (Å²) in [7, 11) is 1.63. The molecule has 4 rings (SSSR count). The van der Waals surface area contributed by atoms with Crippen molar-refractivity contribution in [1.82, 2.24) is 15.1 Å². The van der Waals surface area contributed by atoms with Gasteiger partial charge in [-0.25, -0.2) is 0 Å². The molecule has 0 radical (unpaired) electrons. The molecule has 1 aliphatic heterocycles. The van der Waals surface area contributed by atoms with Gasteiger partial charge >= 0.3 is 0 Å². The highest BCUT2D eigenvalue weighted by molar-refractivity contribution is 6.00. The maximum Gasteiger partial charge on any atom is 0.273 e. The number of ether oxygens (including phenoxy) is 1. The second-order valence-electron chi connectivity index (χ2n) is 7.26. The summed E-state index contributed by atoms with van der Waals surface area (Å²) in [6, 6.07) is 14.6. The molecule has 2 N–H and O–H groups in total. The number of methoxy groups -OCH3 is 1. The summed E-state index contributed by atoms with van der Waals surface area (Å²) in [6.07, 6.45) is 3.08. The van der Waals surface area contributed by atoms with Gasteiger partial charge in [-0.05, 0) is 36.2 Å². The highest BCUT2D eigenvalue weighted by atomic mass is 16.5. The van der Waals surface area contributed by atoms with Crippen LogP contribution in [0.4, 0.5) is 0 Å². The van der Waals surface area contributed by atoms with Gasteiger partial charge in [0.25, 0.3) is 5.91 Å². The molecule has 150 valence electrons. The molecule has 1 aliphatic rings. The first-order chi connectivity index (χ1) is 14.2. The van der Waals surface area contributed by atoms with E-state index in [1.807, 2.05) is 41.3 Å². The SMILES string of the molecule is CCCCCN1C(=O)c2[nH]nc(-c3ccccc3O)c2C1c1cccc(OC)c1. The fraction of sp³-hybridized carbons (Fsp3) is 0.304. The van der Waals surface area contributed by atoms with Crippen LogP contribution in [-0.2, 0) is 0 Å². The van der Waals surface area contributed by atoms with Crippen LogP contribution in [-0.4, -0.2) is 39.8 Å². The lowest BCUT2D eigenvalue weighted by molar-refractivity contribution is 0.0740. The lowest BCUT2D eigenvalue weighted by Crippen LogP contribution is -2.30. The molecule has 0 saturated heterocycles. The third-order valence-corrected chi connectivity index (χ3v) is 5.44. The number of para-hydroxylation sites is 1. The van der Waals surface area contributed by atoms with Gasteiger partial charge in [0, 0.05) is 17.7 Å². The van der Waals surface area contributed by atoms with Crippen molar-refractivity contribution in [2.24, 2.45) is 0 Å². The Morgan fingerprint density at radius 3 is 2.76 bits per heavy atom. The fourth-order valence-electron chi connectivity index (χ4n) is 4.00. The zero-order valence-corrected chi connectivity index (χ0v) is 16.7. The molecule has 29 heavy (non-hydrogen) atoms. The third-order valence-electron chi connectivity index (χ3n) is 5.44. The lowest BCUT2D eigenvalue weighted by atomic mass is 9.95. The van der Waals surface area contributed by atoms with Crippen molar-refractivity contribution in [3.05, 3.63) is 65.4 Å². The van der Waals surface area contributed by atoms with E-state index in [9.17, 15) is 9.90 Å². The number of benzene rings is 2. The molecule has 0 spiro atoms. The summed E-state index contributed by atoms with van der Waals surface area (Å²) in [5.74, 6) is 0.825. The summed E-state index contributed by atoms with van der Waals surface area (Å²) >= 11 is 0. The number of nitrogens with one attached hydrogen (secondary N) is 1. The average Bonchev–Trinajstić information content (AvgIpc) is 3.28. The normalized spacial score (nSPS) is 15.6. The number of hydrogen-bond acceptors (Lipinski definition) is 4. The highest BCUT2D eigenvalue weighted by Gasteiger charge is 2.42. The van der Waals surface area contributed by atoms with E-state index in [2.05, 4.69) is 17.1 Å². The fourth-order valence-corrected chi connectivity index (χ4v) is 4.00. The molecule has 0 fully saturated rings. The average molecular weight is 391 g/mol. The van der Waals surface area contributed by atoms with Crippen molar-refractivity contribution in [2.75, 3.05) is 13.7 Å². The van der Waals surface area contributed by atoms with Crippen LogP contribution in [0, 0.1) is 0 Å². The first-order valence-corrected chi connectivity index (χ1v) is 9.97. The summed E-state index contributed by atoms with van der Waals surface area (Å²) in [5, 5.41) is 17.7. The van der Waals surface area contributed by atoms with Crippen LogP contribution in [0.25, 0.3) is 11.3 Å². The minimum absolute atomic E-state index is 0.0573. The number of carbonyl (C=O) groups is 1. The number of carbonyl (C=O) groups excluding carboxylic acids is 1. The van der Waals surface area contributed by atoms with Crippen molar-refractivity contribution in [3.8, 4) is 22.8 Å². The number of aromatic hydroxyl groups is 1. The molecule has 1 atom stereocenters. The van der Waals surface area contributed by atoms with E-state index < -0.39 is 0 Å². The highest BCUT2D eigenvalue weighted by Crippen LogP contribution is 2.44. The van der Waals surface area contributed by atoms with Crippen molar-refractivity contribution in [3.63, 3.8) is 0 Å². The Balaban J connectivity index is 1.85. The van der Waals surface area contributed by atoms with Crippen molar-refractivity contribution in [2.45, 2.75) is 32.2 Å². The smallest absolute Gasteiger partial charge is 0.273 e. The van der Waals surface area contributed by atoms with Gasteiger partial charge in [-0.2, -0.15) is 5.10 Å². The van der Waals surface area contributed by atoms with Gasteiger partial charge < -0.3 is 14.7 Å². The molecule has 3 aromatic rings. The summed E-state index contributed by atoms with van der Waals surface area (Å²) in [5.41, 5.74) is 3.48. The third kappa shape index (κ3) is 3.35. The second kappa shape index (κ2) is 7.99. The Kier molecular flexibility index (Phi) is 5.25. The second-order valence-corrected chi connectivity index (χ2v) is 7.26. The van der Waals surface area contributed by atoms with Crippen LogP contribution in [0.15, 0.2) is 48.5 Å². The molecule has 2 heterocycles. The monoisotopic (exact) mass is 391 g/mol. The maximum absolute atomic E-state index is 13.2. The standard InChI is InChI=1S/C23H25N3O3/c1-3-4-7-13-26-22(15-9-8-10-16(14-15)29-2)19-20(24-25-21(19)23(26)28)17-11-5-6-12-18(17)27/h5-6,8-12,14,22,27H,3-4,7,13H2,1-2H3,(H,24,25). The van der Waals surface area contributed by atoms with E-state index in [4.69, 9.17) is 4.74 Å². The molecule has 2 aromatic carbocycles. The number of phenols is 1. The Morgan fingerprint density at radius 2 is 2.00 bits per heavy atom. The van der Waals surface area contributed by atoms with Crippen LogP contribution >= 0.6 is 0 Å². The van der Waals surface area contributed by atoms with Crippen LogP contribution < -0.4 is 4.74 Å². The molecule has 6 heteroatoms. The number of nitrogens with zero attached hydrogens (tertiary/aromatic N) is 2. The Labute approximate surface area is 170 Å². The molecule has 0 saturated carbocycles. The Bertz CT molecular complexity index is 1030. The van der Waals surface area contributed by atoms with E-state index in [0.29, 0.717) is 23.5 Å². The maximum atomic E-state index is 13.2. The summed E-state index contributed by atoms with van der Waals surface area (Å²) < 4.78 is 5.41. The zero-order chi connectivity index (χ0) is 20.4. The molecular weight excluding hydrogens is 366 g/mol. The molecule has 1 unspecified atom stereocenters. The van der Waals surface area contributed by atoms with Gasteiger partial charge in [0.1, 0.15) is 22.9 Å². The number of rotatable bonds is 7. The molecule has 1 amide bonds. The van der Waals surface area contributed by atoms with Gasteiger partial charge in [-0.1, -0.05) is 44.0 Å². The largest absolute Gasteiger partial charge is 0.507 e. The topological polar surface area (TPSA) is 78.5 Å². The van der Waals surface area contributed by atoms with Crippen LogP contribution in [0.1, 0.15) is 53.8 Å². The molecular formula is C23H25N3O3. The minimum Gasteiger partial charge on any atom is -0.507 e. The predicted octanol–water partition coefficient (Wildman–Crippen LogP) is 4.53. The quantitative estimate of drug-likeness (QED) is 0.580. The van der Waals surface area contributed by atoms with E-state index in [1.165, 1.54) is 0 Å². The van der Waals surface area contributed by atoms with Crippen LogP contribution in [0.5, 0.6) is 11.5 Å². The van der Waals surface area contributed by atoms with Gasteiger partial charge in [0.15, 0.2) is 0 Å². The first-order valence-electron chi connectivity index (χ1n) is 9.97. The predicted molar refractivity (Wildman–Crippen MR) is 111 cm³/mol. The number of H-pyrrole nitrogens is 1. The van der Waals surface area contributed by atoms with E-state index in [1.54, 1.807) is 19.2 Å². The van der Waals surface area contributed by atoms with Gasteiger partial charge in [0.05, 0.1) is 13.2 Å². The van der Waals surface area contributed by atoms with E-state index >= 15 is 0 Å². The zero-order valence-electron chi connectivity index (χ0n) is 16.7. The Morgan fingerprint density at radius 1 is 1.17 bits per heavy atom. The van der Waals surface area contributed by atoms with Gasteiger partial charge in [-0.15, -0.1) is 0 Å². The number of hydrogen-bond donors (Lipinski definition) is 2. The number of amides is 1. The lowest BCUT2D eigenvalue weighted by Gasteiger charge is -2.26.